The minimum Gasteiger partial charge on any atom is -0.368 e. The molecule has 0 aliphatic carbocycles. The summed E-state index contributed by atoms with van der Waals surface area (Å²) in [5.41, 5.74) is 1.64. The highest BCUT2D eigenvalue weighted by Gasteiger charge is 2.24. The predicted octanol–water partition coefficient (Wildman–Crippen LogP) is 3.24. The van der Waals surface area contributed by atoms with Gasteiger partial charge in [0, 0.05) is 36.2 Å². The summed E-state index contributed by atoms with van der Waals surface area (Å²) < 4.78 is 5.79. The molecule has 3 rings (SSSR count). The Morgan fingerprint density at radius 1 is 1.52 bits per heavy atom. The van der Waals surface area contributed by atoms with Gasteiger partial charge < -0.3 is 4.74 Å². The summed E-state index contributed by atoms with van der Waals surface area (Å²) in [5.74, 6) is 0. The zero-order chi connectivity index (χ0) is 14.7. The number of aromatic nitrogens is 1. The number of thiazole rings is 1. The number of morpholine rings is 1. The topological polar surface area (TPSA) is 49.2 Å². The Morgan fingerprint density at radius 3 is 3.19 bits per heavy atom. The normalized spacial score (nSPS) is 19.3. The first kappa shape index (κ1) is 14.5. The molecule has 2 aromatic rings. The van der Waals surface area contributed by atoms with E-state index in [1.165, 1.54) is 0 Å². The number of rotatable bonds is 3. The Kier molecular flexibility index (Phi) is 4.51. The van der Waals surface area contributed by atoms with Crippen molar-refractivity contribution in [1.29, 1.82) is 5.26 Å². The molecule has 1 fully saturated rings. The third kappa shape index (κ3) is 3.42. The van der Waals surface area contributed by atoms with E-state index >= 15 is 0 Å². The second kappa shape index (κ2) is 6.54. The van der Waals surface area contributed by atoms with Crippen LogP contribution in [0.1, 0.15) is 22.2 Å². The van der Waals surface area contributed by atoms with Crippen LogP contribution in [0.4, 0.5) is 0 Å². The van der Waals surface area contributed by atoms with Gasteiger partial charge in [-0.05, 0) is 17.7 Å². The van der Waals surface area contributed by atoms with E-state index in [1.54, 1.807) is 23.6 Å². The zero-order valence-corrected chi connectivity index (χ0v) is 12.9. The molecule has 0 radical (unpaired) electrons. The van der Waals surface area contributed by atoms with Crippen LogP contribution >= 0.6 is 22.9 Å². The lowest BCUT2D eigenvalue weighted by atomic mass is 10.1. The number of halogens is 1. The summed E-state index contributed by atoms with van der Waals surface area (Å²) in [6, 6.07) is 7.69. The molecule has 0 saturated carbocycles. The molecule has 4 nitrogen and oxygen atoms in total. The fraction of sp³-hybridized carbons (Fsp3) is 0.333. The van der Waals surface area contributed by atoms with Crippen molar-refractivity contribution in [1.82, 2.24) is 9.88 Å². The molecule has 1 aliphatic rings. The van der Waals surface area contributed by atoms with Gasteiger partial charge in [0.2, 0.25) is 0 Å². The molecular weight excluding hydrogens is 306 g/mol. The van der Waals surface area contributed by atoms with Crippen molar-refractivity contribution in [3.8, 4) is 6.07 Å². The van der Waals surface area contributed by atoms with E-state index in [2.05, 4.69) is 16.0 Å². The Morgan fingerprint density at radius 2 is 2.43 bits per heavy atom. The van der Waals surface area contributed by atoms with E-state index in [0.29, 0.717) is 17.2 Å². The molecule has 0 bridgehead atoms. The second-order valence-electron chi connectivity index (χ2n) is 4.88. The summed E-state index contributed by atoms with van der Waals surface area (Å²) in [4.78, 5) is 6.62. The van der Waals surface area contributed by atoms with E-state index < -0.39 is 0 Å². The van der Waals surface area contributed by atoms with Crippen LogP contribution in [0.15, 0.2) is 29.8 Å². The van der Waals surface area contributed by atoms with Gasteiger partial charge in [0.15, 0.2) is 0 Å². The lowest BCUT2D eigenvalue weighted by molar-refractivity contribution is -0.0330. The first-order valence-electron chi connectivity index (χ1n) is 6.68. The smallest absolute Gasteiger partial charge is 0.123 e. The predicted molar refractivity (Wildman–Crippen MR) is 82.3 cm³/mol. The van der Waals surface area contributed by atoms with Crippen LogP contribution in [-0.2, 0) is 11.3 Å². The van der Waals surface area contributed by atoms with Crippen LogP contribution in [-0.4, -0.2) is 29.6 Å². The molecule has 0 N–H and O–H groups in total. The number of hydrogen-bond acceptors (Lipinski definition) is 5. The molecule has 0 spiro atoms. The van der Waals surface area contributed by atoms with E-state index in [-0.39, 0.29) is 6.10 Å². The van der Waals surface area contributed by atoms with Crippen LogP contribution in [0.2, 0.25) is 5.02 Å². The zero-order valence-electron chi connectivity index (χ0n) is 11.3. The van der Waals surface area contributed by atoms with Gasteiger partial charge >= 0.3 is 0 Å². The van der Waals surface area contributed by atoms with Gasteiger partial charge in [-0.15, -0.1) is 11.3 Å². The molecule has 0 amide bonds. The van der Waals surface area contributed by atoms with Gasteiger partial charge in [-0.3, -0.25) is 4.90 Å². The Hall–Kier alpha value is -1.45. The van der Waals surface area contributed by atoms with E-state index in [1.807, 2.05) is 17.5 Å². The molecular formula is C15H14ClN3OS. The number of ether oxygens (including phenoxy) is 1. The van der Waals surface area contributed by atoms with Gasteiger partial charge in [0.05, 0.1) is 18.2 Å². The summed E-state index contributed by atoms with van der Waals surface area (Å²) in [7, 11) is 0. The Labute approximate surface area is 132 Å². The molecule has 2 heterocycles. The summed E-state index contributed by atoms with van der Waals surface area (Å²) in [5, 5.41) is 12.8. The van der Waals surface area contributed by atoms with Crippen molar-refractivity contribution < 1.29 is 4.74 Å². The van der Waals surface area contributed by atoms with Crippen LogP contribution in [0.5, 0.6) is 0 Å². The number of benzene rings is 1. The average Bonchev–Trinajstić information content (AvgIpc) is 3.04. The van der Waals surface area contributed by atoms with Crippen LogP contribution in [0.3, 0.4) is 0 Å². The third-order valence-corrected chi connectivity index (χ3v) is 4.57. The molecule has 1 unspecified atom stereocenters. The van der Waals surface area contributed by atoms with Crippen molar-refractivity contribution >= 4 is 22.9 Å². The van der Waals surface area contributed by atoms with E-state index in [0.717, 1.165) is 30.2 Å². The molecule has 1 aromatic carbocycles. The van der Waals surface area contributed by atoms with Gasteiger partial charge in [-0.1, -0.05) is 17.7 Å². The van der Waals surface area contributed by atoms with Crippen LogP contribution in [0.25, 0.3) is 0 Å². The van der Waals surface area contributed by atoms with Crippen molar-refractivity contribution in [3.63, 3.8) is 0 Å². The van der Waals surface area contributed by atoms with Gasteiger partial charge in [0.25, 0.3) is 0 Å². The SMILES string of the molecule is N#Cc1cc(Cl)ccc1CN1CCOC(c2nccs2)C1. The molecule has 21 heavy (non-hydrogen) atoms. The quantitative estimate of drug-likeness (QED) is 0.871. The lowest BCUT2D eigenvalue weighted by Crippen LogP contribution is -2.37. The molecule has 108 valence electrons. The van der Waals surface area contributed by atoms with E-state index in [9.17, 15) is 5.26 Å². The maximum absolute atomic E-state index is 9.21. The van der Waals surface area contributed by atoms with Crippen LogP contribution < -0.4 is 0 Å². The lowest BCUT2D eigenvalue weighted by Gasteiger charge is -2.32. The Bertz CT molecular complexity index is 653. The molecule has 6 heteroatoms. The number of nitriles is 1. The number of nitrogens with zero attached hydrogens (tertiary/aromatic N) is 3. The molecule has 1 aromatic heterocycles. The average molecular weight is 320 g/mol. The van der Waals surface area contributed by atoms with Crippen molar-refractivity contribution in [2.24, 2.45) is 0 Å². The number of hydrogen-bond donors (Lipinski definition) is 0. The minimum absolute atomic E-state index is 0.0246. The second-order valence-corrected chi connectivity index (χ2v) is 6.24. The fourth-order valence-electron chi connectivity index (χ4n) is 2.42. The third-order valence-electron chi connectivity index (χ3n) is 3.46. The largest absolute Gasteiger partial charge is 0.368 e. The highest BCUT2D eigenvalue weighted by molar-refractivity contribution is 7.09. The highest BCUT2D eigenvalue weighted by Crippen LogP contribution is 2.25. The maximum atomic E-state index is 9.21. The van der Waals surface area contributed by atoms with Crippen molar-refractivity contribution in [3.05, 3.63) is 50.9 Å². The summed E-state index contributed by atoms with van der Waals surface area (Å²) >= 11 is 7.55. The Balaban J connectivity index is 1.72. The molecule has 1 atom stereocenters. The minimum atomic E-state index is 0.0246. The summed E-state index contributed by atoms with van der Waals surface area (Å²) in [6.07, 6.45) is 1.83. The van der Waals surface area contributed by atoms with Crippen molar-refractivity contribution in [2.45, 2.75) is 12.6 Å². The fourth-order valence-corrected chi connectivity index (χ4v) is 3.27. The highest BCUT2D eigenvalue weighted by atomic mass is 35.5. The van der Waals surface area contributed by atoms with Gasteiger partial charge in [-0.2, -0.15) is 5.26 Å². The monoisotopic (exact) mass is 319 g/mol. The molecule has 1 saturated heterocycles. The first-order valence-corrected chi connectivity index (χ1v) is 7.94. The molecule has 1 aliphatic heterocycles. The maximum Gasteiger partial charge on any atom is 0.123 e. The van der Waals surface area contributed by atoms with Crippen molar-refractivity contribution in [2.75, 3.05) is 19.7 Å². The first-order chi connectivity index (χ1) is 10.3. The standard InChI is InChI=1S/C15H14ClN3OS/c16-13-2-1-11(12(7-13)8-17)9-19-4-5-20-14(10-19)15-18-3-6-21-15/h1-3,6-7,14H,4-5,9-10H2. The summed E-state index contributed by atoms with van der Waals surface area (Å²) in [6.45, 7) is 3.06. The van der Waals surface area contributed by atoms with Gasteiger partial charge in [-0.25, -0.2) is 4.98 Å². The van der Waals surface area contributed by atoms with E-state index in [4.69, 9.17) is 16.3 Å². The van der Waals surface area contributed by atoms with Crippen LogP contribution in [0, 0.1) is 11.3 Å². The van der Waals surface area contributed by atoms with Gasteiger partial charge in [0.1, 0.15) is 11.1 Å².